The molecule has 1 aromatic rings. The largest absolute Gasteiger partial charge is 0.494 e. The second-order valence-corrected chi connectivity index (χ2v) is 6.69. The van der Waals surface area contributed by atoms with Crippen LogP contribution < -0.4 is 5.46 Å². The van der Waals surface area contributed by atoms with Crippen molar-refractivity contribution >= 4 is 12.6 Å². The van der Waals surface area contributed by atoms with E-state index in [2.05, 4.69) is 52.0 Å². The van der Waals surface area contributed by atoms with Crippen LogP contribution in [0.25, 0.3) is 0 Å². The van der Waals surface area contributed by atoms with Crippen LogP contribution in [0.3, 0.4) is 0 Å². The quantitative estimate of drug-likeness (QED) is 0.781. The van der Waals surface area contributed by atoms with Crippen LogP contribution in [0.2, 0.25) is 0 Å². The molecule has 0 bridgehead atoms. The number of hydrogen-bond donors (Lipinski definition) is 0. The molecule has 2 saturated heterocycles. The van der Waals surface area contributed by atoms with Crippen LogP contribution in [0.4, 0.5) is 0 Å². The van der Waals surface area contributed by atoms with Crippen LogP contribution in [0.15, 0.2) is 24.3 Å². The van der Waals surface area contributed by atoms with Gasteiger partial charge in [-0.15, -0.1) is 0 Å². The molecule has 0 aliphatic carbocycles. The van der Waals surface area contributed by atoms with Gasteiger partial charge in [0.25, 0.3) is 0 Å². The van der Waals surface area contributed by atoms with Gasteiger partial charge >= 0.3 is 7.12 Å². The van der Waals surface area contributed by atoms with E-state index in [0.29, 0.717) is 19.8 Å². The van der Waals surface area contributed by atoms with E-state index in [-0.39, 0.29) is 24.4 Å². The van der Waals surface area contributed by atoms with Crippen LogP contribution in [0.5, 0.6) is 0 Å². The lowest BCUT2D eigenvalue weighted by atomic mass is 9.78. The molecule has 2 aliphatic heterocycles. The molecule has 0 amide bonds. The van der Waals surface area contributed by atoms with Crippen molar-refractivity contribution in [3.63, 3.8) is 0 Å². The molecule has 0 unspecified atom stereocenters. The molecule has 0 aromatic heterocycles. The fraction of sp³-hybridized carbons (Fsp3) is 0.625. The maximum absolute atomic E-state index is 6.06. The summed E-state index contributed by atoms with van der Waals surface area (Å²) < 4.78 is 23.3. The predicted octanol–water partition coefficient (Wildman–Crippen LogP) is 2.07. The Bertz CT molecular complexity index is 476. The highest BCUT2D eigenvalue weighted by molar-refractivity contribution is 6.62. The summed E-state index contributed by atoms with van der Waals surface area (Å²) in [7, 11) is -0.312. The van der Waals surface area contributed by atoms with E-state index < -0.39 is 0 Å². The lowest BCUT2D eigenvalue weighted by Crippen LogP contribution is -2.41. The summed E-state index contributed by atoms with van der Waals surface area (Å²) in [5.41, 5.74) is 1.55. The number of hydrogen-bond acceptors (Lipinski definition) is 4. The number of benzene rings is 1. The molecule has 2 fully saturated rings. The molecule has 1 aromatic carbocycles. The molecule has 4 nitrogen and oxygen atoms in total. The van der Waals surface area contributed by atoms with Crippen molar-refractivity contribution in [3.05, 3.63) is 29.8 Å². The summed E-state index contributed by atoms with van der Waals surface area (Å²) in [5, 5.41) is 0. The molecule has 0 saturated carbocycles. The lowest BCUT2D eigenvalue weighted by molar-refractivity contribution is -0.0901. The smallest absolute Gasteiger partial charge is 0.399 e. The Morgan fingerprint density at radius 3 is 2.10 bits per heavy atom. The van der Waals surface area contributed by atoms with Crippen molar-refractivity contribution in [2.24, 2.45) is 0 Å². The average molecular weight is 290 g/mol. The van der Waals surface area contributed by atoms with Gasteiger partial charge in [-0.05, 0) is 38.7 Å². The number of rotatable bonds is 2. The maximum Gasteiger partial charge on any atom is 0.494 e. The highest BCUT2D eigenvalue weighted by atomic mass is 16.7. The molecule has 0 N–H and O–H groups in total. The van der Waals surface area contributed by atoms with Crippen LogP contribution in [-0.2, 0) is 18.8 Å². The Labute approximate surface area is 126 Å². The van der Waals surface area contributed by atoms with Crippen molar-refractivity contribution in [2.45, 2.75) is 45.0 Å². The Balaban J connectivity index is 1.73. The Morgan fingerprint density at radius 1 is 0.952 bits per heavy atom. The monoisotopic (exact) mass is 290 g/mol. The van der Waals surface area contributed by atoms with E-state index in [0.717, 1.165) is 11.0 Å². The minimum Gasteiger partial charge on any atom is -0.399 e. The first kappa shape index (κ1) is 15.0. The van der Waals surface area contributed by atoms with E-state index in [9.17, 15) is 0 Å². The van der Waals surface area contributed by atoms with Crippen LogP contribution in [-0.4, -0.2) is 38.1 Å². The Morgan fingerprint density at radius 2 is 1.57 bits per heavy atom. The van der Waals surface area contributed by atoms with Gasteiger partial charge in [-0.1, -0.05) is 24.3 Å². The first-order valence-corrected chi connectivity index (χ1v) is 7.54. The molecule has 3 rings (SSSR count). The zero-order valence-electron chi connectivity index (χ0n) is 13.2. The molecule has 21 heavy (non-hydrogen) atoms. The van der Waals surface area contributed by atoms with Gasteiger partial charge < -0.3 is 18.8 Å². The fourth-order valence-electron chi connectivity index (χ4n) is 2.53. The van der Waals surface area contributed by atoms with Gasteiger partial charge in [-0.2, -0.15) is 0 Å². The van der Waals surface area contributed by atoms with Gasteiger partial charge in [0.15, 0.2) is 0 Å². The summed E-state index contributed by atoms with van der Waals surface area (Å²) in [6, 6.07) is 8.24. The lowest BCUT2D eigenvalue weighted by Gasteiger charge is -2.32. The summed E-state index contributed by atoms with van der Waals surface area (Å²) in [5.74, 6) is 0. The standard InChI is InChI=1S/C16H23BO4/c1-15(2)16(3,4)21-17(20-15)13-7-5-12(6-8-13)14-11-18-9-10-19-14/h5-8,14H,9-11H2,1-4H3/t14-/m1/s1. The third kappa shape index (κ3) is 2.88. The first-order valence-electron chi connectivity index (χ1n) is 7.54. The Kier molecular flexibility index (Phi) is 3.86. The van der Waals surface area contributed by atoms with Crippen LogP contribution in [0, 0.1) is 0 Å². The second-order valence-electron chi connectivity index (χ2n) is 6.69. The zero-order chi connectivity index (χ0) is 15.1. The topological polar surface area (TPSA) is 36.9 Å². The first-order chi connectivity index (χ1) is 9.89. The second kappa shape index (κ2) is 5.40. The summed E-state index contributed by atoms with van der Waals surface area (Å²) >= 11 is 0. The van der Waals surface area contributed by atoms with Gasteiger partial charge in [0.2, 0.25) is 0 Å². The maximum atomic E-state index is 6.06. The van der Waals surface area contributed by atoms with E-state index in [1.807, 2.05) is 0 Å². The molecule has 0 radical (unpaired) electrons. The Hall–Kier alpha value is -0.875. The van der Waals surface area contributed by atoms with Crippen molar-refractivity contribution in [1.29, 1.82) is 0 Å². The highest BCUT2D eigenvalue weighted by Crippen LogP contribution is 2.36. The third-order valence-corrected chi connectivity index (χ3v) is 4.65. The molecule has 2 aliphatic rings. The predicted molar refractivity (Wildman–Crippen MR) is 81.7 cm³/mol. The summed E-state index contributed by atoms with van der Waals surface area (Å²) in [6.45, 7) is 10.2. The van der Waals surface area contributed by atoms with Gasteiger partial charge in [0.1, 0.15) is 6.10 Å². The molecular formula is C16H23BO4. The molecule has 5 heteroatoms. The summed E-state index contributed by atoms with van der Waals surface area (Å²) in [6.07, 6.45) is 0.0334. The van der Waals surface area contributed by atoms with Crippen molar-refractivity contribution < 1.29 is 18.8 Å². The van der Waals surface area contributed by atoms with Gasteiger partial charge in [-0.25, -0.2) is 0 Å². The SMILES string of the molecule is CC1(C)OB(c2ccc([C@H]3COCCO3)cc2)OC1(C)C. The zero-order valence-corrected chi connectivity index (χ0v) is 13.2. The fourth-order valence-corrected chi connectivity index (χ4v) is 2.53. The minimum atomic E-state index is -0.312. The third-order valence-electron chi connectivity index (χ3n) is 4.65. The number of ether oxygens (including phenoxy) is 2. The van der Waals surface area contributed by atoms with E-state index in [1.165, 1.54) is 0 Å². The minimum absolute atomic E-state index is 0.0334. The van der Waals surface area contributed by atoms with E-state index in [1.54, 1.807) is 0 Å². The van der Waals surface area contributed by atoms with Gasteiger partial charge in [0, 0.05) is 0 Å². The van der Waals surface area contributed by atoms with Crippen LogP contribution >= 0.6 is 0 Å². The average Bonchev–Trinajstić information content (AvgIpc) is 2.69. The normalized spacial score (nSPS) is 27.8. The highest BCUT2D eigenvalue weighted by Gasteiger charge is 2.51. The van der Waals surface area contributed by atoms with Gasteiger partial charge in [-0.3, -0.25) is 0 Å². The molecule has 114 valence electrons. The molecule has 0 spiro atoms. The van der Waals surface area contributed by atoms with Crippen molar-refractivity contribution in [1.82, 2.24) is 0 Å². The van der Waals surface area contributed by atoms with Crippen molar-refractivity contribution in [3.8, 4) is 0 Å². The molecular weight excluding hydrogens is 267 g/mol. The molecule has 1 atom stereocenters. The van der Waals surface area contributed by atoms with Crippen LogP contribution in [0.1, 0.15) is 39.4 Å². The van der Waals surface area contributed by atoms with Crippen molar-refractivity contribution in [2.75, 3.05) is 19.8 Å². The van der Waals surface area contributed by atoms with E-state index in [4.69, 9.17) is 18.8 Å². The van der Waals surface area contributed by atoms with E-state index >= 15 is 0 Å². The molecule has 2 heterocycles. The summed E-state index contributed by atoms with van der Waals surface area (Å²) in [4.78, 5) is 0. The van der Waals surface area contributed by atoms with Gasteiger partial charge in [0.05, 0.1) is 31.0 Å².